The van der Waals surface area contributed by atoms with Crippen LogP contribution in [0.3, 0.4) is 0 Å². The van der Waals surface area contributed by atoms with Gasteiger partial charge in [-0.2, -0.15) is 9.50 Å². The first-order valence-corrected chi connectivity index (χ1v) is 10.1. The largest absolute Gasteiger partial charge is 0.485 e. The van der Waals surface area contributed by atoms with Crippen molar-refractivity contribution >= 4 is 45.0 Å². The summed E-state index contributed by atoms with van der Waals surface area (Å²) in [6.45, 7) is 0.310. The Morgan fingerprint density at radius 3 is 2.70 bits per heavy atom. The lowest BCUT2D eigenvalue weighted by Crippen LogP contribution is -2.26. The van der Waals surface area contributed by atoms with Crippen LogP contribution in [0.5, 0.6) is 11.5 Å². The summed E-state index contributed by atoms with van der Waals surface area (Å²) in [6.07, 6.45) is 1.42. The summed E-state index contributed by atoms with van der Waals surface area (Å²) in [5.41, 5.74) is 0.794. The number of benzene rings is 2. The monoisotopic (exact) mass is 489 g/mol. The number of rotatable bonds is 2. The van der Waals surface area contributed by atoms with Gasteiger partial charge in [0.2, 0.25) is 4.96 Å². The van der Waals surface area contributed by atoms with Gasteiger partial charge in [0, 0.05) is 3.57 Å². The zero-order valence-corrected chi connectivity index (χ0v) is 16.8. The van der Waals surface area contributed by atoms with E-state index in [2.05, 4.69) is 32.7 Å². The number of hydrogen-bond acceptors (Lipinski definition) is 6. The van der Waals surface area contributed by atoms with E-state index in [0.717, 1.165) is 9.13 Å². The fraction of sp³-hybridized carbons (Fsp3) is 0.105. The molecule has 4 aromatic rings. The van der Waals surface area contributed by atoms with Crippen LogP contribution in [-0.4, -0.2) is 21.2 Å². The molecule has 2 aromatic carbocycles. The summed E-state index contributed by atoms with van der Waals surface area (Å²) in [4.78, 5) is 17.7. The summed E-state index contributed by atoms with van der Waals surface area (Å²) in [7, 11) is 0. The van der Waals surface area contributed by atoms with Crippen molar-refractivity contribution in [2.45, 2.75) is 6.10 Å². The SMILES string of the molecule is O=c1c(=Cc2ccc(I)cc2)sc2nc(C3COc4ccccc4O3)nn12. The van der Waals surface area contributed by atoms with Gasteiger partial charge >= 0.3 is 0 Å². The van der Waals surface area contributed by atoms with Gasteiger partial charge in [0.15, 0.2) is 23.4 Å². The molecule has 5 rings (SSSR count). The van der Waals surface area contributed by atoms with Crippen molar-refractivity contribution in [1.29, 1.82) is 0 Å². The molecule has 6 nitrogen and oxygen atoms in total. The van der Waals surface area contributed by atoms with E-state index < -0.39 is 6.10 Å². The molecule has 0 fully saturated rings. The normalized spacial score (nSPS) is 16.8. The molecule has 2 aromatic heterocycles. The lowest BCUT2D eigenvalue weighted by atomic mass is 10.2. The highest BCUT2D eigenvalue weighted by Crippen LogP contribution is 2.35. The molecule has 27 heavy (non-hydrogen) atoms. The third-order valence-electron chi connectivity index (χ3n) is 4.16. The molecule has 3 heterocycles. The van der Waals surface area contributed by atoms with Gasteiger partial charge in [-0.15, -0.1) is 5.10 Å². The van der Waals surface area contributed by atoms with Crippen LogP contribution >= 0.6 is 33.9 Å². The minimum Gasteiger partial charge on any atom is -0.485 e. The van der Waals surface area contributed by atoms with Gasteiger partial charge in [0.1, 0.15) is 6.61 Å². The number of halogens is 1. The Morgan fingerprint density at radius 1 is 1.15 bits per heavy atom. The third kappa shape index (κ3) is 3.08. The number of hydrogen-bond donors (Lipinski definition) is 0. The van der Waals surface area contributed by atoms with Crippen molar-refractivity contribution in [2.75, 3.05) is 6.61 Å². The molecule has 134 valence electrons. The Morgan fingerprint density at radius 2 is 1.93 bits per heavy atom. The van der Waals surface area contributed by atoms with Crippen LogP contribution < -0.4 is 19.6 Å². The van der Waals surface area contributed by atoms with Gasteiger partial charge < -0.3 is 9.47 Å². The Kier molecular flexibility index (Phi) is 4.09. The molecule has 0 amide bonds. The summed E-state index contributed by atoms with van der Waals surface area (Å²) in [5, 5.41) is 4.36. The van der Waals surface area contributed by atoms with Crippen molar-refractivity contribution in [3.63, 3.8) is 0 Å². The molecule has 0 bridgehead atoms. The zero-order chi connectivity index (χ0) is 18.4. The number of fused-ring (bicyclic) bond motifs is 2. The van der Waals surface area contributed by atoms with Crippen LogP contribution in [0.15, 0.2) is 53.3 Å². The first-order chi connectivity index (χ1) is 13.2. The zero-order valence-electron chi connectivity index (χ0n) is 13.8. The van der Waals surface area contributed by atoms with Gasteiger partial charge in [0.25, 0.3) is 5.56 Å². The minimum atomic E-state index is -0.435. The van der Waals surface area contributed by atoms with Crippen LogP contribution in [0.25, 0.3) is 11.0 Å². The molecule has 1 unspecified atom stereocenters. The maximum absolute atomic E-state index is 12.7. The Balaban J connectivity index is 1.49. The lowest BCUT2D eigenvalue weighted by Gasteiger charge is -2.24. The van der Waals surface area contributed by atoms with Crippen molar-refractivity contribution < 1.29 is 9.47 Å². The number of nitrogens with zero attached hydrogens (tertiary/aromatic N) is 3. The van der Waals surface area contributed by atoms with Crippen LogP contribution in [0, 0.1) is 3.57 Å². The van der Waals surface area contributed by atoms with E-state index >= 15 is 0 Å². The molecule has 0 aliphatic carbocycles. The summed E-state index contributed by atoms with van der Waals surface area (Å²) in [6, 6.07) is 15.4. The van der Waals surface area contributed by atoms with Crippen molar-refractivity contribution in [3.8, 4) is 11.5 Å². The van der Waals surface area contributed by atoms with E-state index in [1.165, 1.54) is 15.9 Å². The molecular weight excluding hydrogens is 477 g/mol. The molecule has 0 spiro atoms. The van der Waals surface area contributed by atoms with E-state index in [-0.39, 0.29) is 5.56 Å². The second-order valence-corrected chi connectivity index (χ2v) is 8.25. The Bertz CT molecular complexity index is 1250. The van der Waals surface area contributed by atoms with E-state index in [4.69, 9.17) is 9.47 Å². The molecule has 8 heteroatoms. The van der Waals surface area contributed by atoms with Gasteiger partial charge in [-0.25, -0.2) is 0 Å². The fourth-order valence-electron chi connectivity index (χ4n) is 2.84. The van der Waals surface area contributed by atoms with Crippen LogP contribution in [0.1, 0.15) is 17.5 Å². The van der Waals surface area contributed by atoms with Crippen molar-refractivity contribution in [3.05, 3.63) is 78.4 Å². The van der Waals surface area contributed by atoms with Gasteiger partial charge in [-0.1, -0.05) is 35.6 Å². The standard InChI is InChI=1S/C19H12IN3O3S/c20-12-7-5-11(6-8-12)9-16-18(24)23-19(27-16)21-17(22-23)15-10-25-13-3-1-2-4-14(13)26-15/h1-9,15H,10H2. The molecule has 0 radical (unpaired) electrons. The molecule has 1 aliphatic rings. The predicted molar refractivity (Wildman–Crippen MR) is 110 cm³/mol. The Hall–Kier alpha value is -2.46. The summed E-state index contributed by atoms with van der Waals surface area (Å²) in [5.74, 6) is 1.81. The van der Waals surface area contributed by atoms with E-state index in [1.807, 2.05) is 54.6 Å². The van der Waals surface area contributed by atoms with E-state index in [9.17, 15) is 4.79 Å². The second kappa shape index (κ2) is 6.61. The van der Waals surface area contributed by atoms with Crippen molar-refractivity contribution in [2.24, 2.45) is 0 Å². The summed E-state index contributed by atoms with van der Waals surface area (Å²) < 4.78 is 14.7. The van der Waals surface area contributed by atoms with E-state index in [0.29, 0.717) is 33.4 Å². The first kappa shape index (κ1) is 16.7. The smallest absolute Gasteiger partial charge is 0.291 e. The highest BCUT2D eigenvalue weighted by atomic mass is 127. The highest BCUT2D eigenvalue weighted by Gasteiger charge is 2.26. The maximum Gasteiger partial charge on any atom is 0.291 e. The predicted octanol–water partition coefficient (Wildman–Crippen LogP) is 2.82. The topological polar surface area (TPSA) is 65.7 Å². The van der Waals surface area contributed by atoms with Crippen LogP contribution in [-0.2, 0) is 0 Å². The van der Waals surface area contributed by atoms with E-state index in [1.54, 1.807) is 0 Å². The molecule has 1 aliphatic heterocycles. The lowest BCUT2D eigenvalue weighted by molar-refractivity contribution is 0.0852. The van der Waals surface area contributed by atoms with Crippen molar-refractivity contribution in [1.82, 2.24) is 14.6 Å². The van der Waals surface area contributed by atoms with Gasteiger partial charge in [-0.3, -0.25) is 4.79 Å². The maximum atomic E-state index is 12.7. The number of thiazole rings is 1. The number of aromatic nitrogens is 3. The average Bonchev–Trinajstić information content (AvgIpc) is 3.23. The molecular formula is C19H12IN3O3S. The summed E-state index contributed by atoms with van der Waals surface area (Å²) >= 11 is 3.57. The fourth-order valence-corrected chi connectivity index (χ4v) is 4.12. The second-order valence-electron chi connectivity index (χ2n) is 6.00. The highest BCUT2D eigenvalue weighted by molar-refractivity contribution is 14.1. The Labute approximate surface area is 171 Å². The third-order valence-corrected chi connectivity index (χ3v) is 5.84. The molecule has 1 atom stereocenters. The number of ether oxygens (including phenoxy) is 2. The number of para-hydroxylation sites is 2. The van der Waals surface area contributed by atoms with Crippen LogP contribution in [0.2, 0.25) is 0 Å². The molecule has 0 saturated carbocycles. The first-order valence-electron chi connectivity index (χ1n) is 8.23. The van der Waals surface area contributed by atoms with Crippen LogP contribution in [0.4, 0.5) is 0 Å². The molecule has 0 N–H and O–H groups in total. The quantitative estimate of drug-likeness (QED) is 0.406. The van der Waals surface area contributed by atoms with Gasteiger partial charge in [-0.05, 0) is 58.5 Å². The molecule has 0 saturated heterocycles. The van der Waals surface area contributed by atoms with Gasteiger partial charge in [0.05, 0.1) is 4.53 Å². The average molecular weight is 489 g/mol. The minimum absolute atomic E-state index is 0.176.